The van der Waals surface area contributed by atoms with Crippen LogP contribution in [0.2, 0.25) is 0 Å². The van der Waals surface area contributed by atoms with Crippen LogP contribution in [0, 0.1) is 13.8 Å². The van der Waals surface area contributed by atoms with E-state index in [1.807, 2.05) is 57.2 Å². The van der Waals surface area contributed by atoms with E-state index in [2.05, 4.69) is 4.57 Å². The van der Waals surface area contributed by atoms with Gasteiger partial charge in [-0.3, -0.25) is 4.79 Å². The van der Waals surface area contributed by atoms with Crippen molar-refractivity contribution in [3.63, 3.8) is 0 Å². The molecule has 0 amide bonds. The third-order valence-corrected chi connectivity index (χ3v) is 4.80. The minimum Gasteiger partial charge on any atom is -0.491 e. The van der Waals surface area contributed by atoms with E-state index in [-0.39, 0.29) is 17.4 Å². The molecule has 5 nitrogen and oxygen atoms in total. The second kappa shape index (κ2) is 8.13. The smallest absolute Gasteiger partial charge is 0.339 e. The molecule has 28 heavy (non-hydrogen) atoms. The molecule has 1 atom stereocenters. The number of benzene rings is 2. The van der Waals surface area contributed by atoms with E-state index in [0.29, 0.717) is 23.5 Å². The summed E-state index contributed by atoms with van der Waals surface area (Å²) >= 11 is 0. The maximum atomic E-state index is 12.8. The lowest BCUT2D eigenvalue weighted by Gasteiger charge is -2.20. The average molecular weight is 377 g/mol. The van der Waals surface area contributed by atoms with Gasteiger partial charge < -0.3 is 14.4 Å². The minimum absolute atomic E-state index is 0.00992. The highest BCUT2D eigenvalue weighted by molar-refractivity contribution is 6.09. The maximum Gasteiger partial charge on any atom is 0.339 e. The van der Waals surface area contributed by atoms with Crippen molar-refractivity contribution in [2.75, 3.05) is 6.61 Å². The van der Waals surface area contributed by atoms with Crippen LogP contribution in [0.5, 0.6) is 5.75 Å². The van der Waals surface area contributed by atoms with Gasteiger partial charge in [0.15, 0.2) is 5.78 Å². The summed E-state index contributed by atoms with van der Waals surface area (Å²) < 4.78 is 7.85. The molecule has 1 aromatic heterocycles. The Kier molecular flexibility index (Phi) is 5.64. The monoisotopic (exact) mass is 377 g/mol. The molecule has 0 bridgehead atoms. The van der Waals surface area contributed by atoms with Crippen LogP contribution in [0.25, 0.3) is 0 Å². The molecule has 3 aromatic rings. The summed E-state index contributed by atoms with van der Waals surface area (Å²) in [5.41, 5.74) is 3.28. The van der Waals surface area contributed by atoms with Crippen molar-refractivity contribution < 1.29 is 19.4 Å². The van der Waals surface area contributed by atoms with Crippen molar-refractivity contribution in [1.29, 1.82) is 0 Å². The highest BCUT2D eigenvalue weighted by atomic mass is 16.5. The number of para-hydroxylation sites is 1. The molecule has 0 aliphatic heterocycles. The van der Waals surface area contributed by atoms with Crippen molar-refractivity contribution in [3.8, 4) is 5.75 Å². The zero-order valence-electron chi connectivity index (χ0n) is 16.2. The summed E-state index contributed by atoms with van der Waals surface area (Å²) in [4.78, 5) is 24.2. The Morgan fingerprint density at radius 3 is 2.32 bits per heavy atom. The highest BCUT2D eigenvalue weighted by Crippen LogP contribution is 2.25. The van der Waals surface area contributed by atoms with Crippen LogP contribution in [0.1, 0.15) is 50.6 Å². The van der Waals surface area contributed by atoms with Gasteiger partial charge in [0, 0.05) is 22.5 Å². The first-order chi connectivity index (χ1) is 13.4. The van der Waals surface area contributed by atoms with Gasteiger partial charge in [-0.2, -0.15) is 0 Å². The van der Waals surface area contributed by atoms with Gasteiger partial charge in [0.1, 0.15) is 17.9 Å². The average Bonchev–Trinajstić information content (AvgIpc) is 3.00. The van der Waals surface area contributed by atoms with Crippen molar-refractivity contribution in [2.45, 2.75) is 26.8 Å². The van der Waals surface area contributed by atoms with Crippen LogP contribution in [-0.4, -0.2) is 28.0 Å². The second-order valence-electron chi connectivity index (χ2n) is 6.81. The van der Waals surface area contributed by atoms with Gasteiger partial charge in [-0.1, -0.05) is 42.5 Å². The predicted octanol–water partition coefficient (Wildman–Crippen LogP) is 4.67. The van der Waals surface area contributed by atoms with Crippen LogP contribution in [0.15, 0.2) is 60.7 Å². The Balaban J connectivity index is 1.82. The molecule has 1 N–H and O–H groups in total. The third-order valence-electron chi connectivity index (χ3n) is 4.80. The highest BCUT2D eigenvalue weighted by Gasteiger charge is 2.20. The maximum absolute atomic E-state index is 12.8. The van der Waals surface area contributed by atoms with Crippen LogP contribution in [0.4, 0.5) is 0 Å². The first kappa shape index (κ1) is 19.4. The number of rotatable bonds is 7. The van der Waals surface area contributed by atoms with Gasteiger partial charge in [0.2, 0.25) is 0 Å². The van der Waals surface area contributed by atoms with Gasteiger partial charge in [-0.05, 0) is 39.0 Å². The molecule has 0 aliphatic rings. The van der Waals surface area contributed by atoms with Gasteiger partial charge in [-0.25, -0.2) is 4.79 Å². The lowest BCUT2D eigenvalue weighted by atomic mass is 10.0. The fraction of sp³-hybridized carbons (Fsp3) is 0.217. The van der Waals surface area contributed by atoms with Gasteiger partial charge >= 0.3 is 5.97 Å². The number of carboxylic acids is 1. The van der Waals surface area contributed by atoms with E-state index in [4.69, 9.17) is 4.74 Å². The Morgan fingerprint density at radius 2 is 1.64 bits per heavy atom. The molecule has 144 valence electrons. The number of ketones is 1. The largest absolute Gasteiger partial charge is 0.491 e. The molecular formula is C23H23NO4. The SMILES string of the molecule is Cc1cc(C(=O)c2ccccc2)c(C)n1C(C)COc1ccccc1C(=O)O. The summed E-state index contributed by atoms with van der Waals surface area (Å²) in [7, 11) is 0. The number of aryl methyl sites for hydroxylation is 1. The van der Waals surface area contributed by atoms with Crippen molar-refractivity contribution in [1.82, 2.24) is 4.57 Å². The summed E-state index contributed by atoms with van der Waals surface area (Å²) in [6.45, 7) is 6.15. The van der Waals surface area contributed by atoms with Crippen molar-refractivity contribution in [3.05, 3.63) is 88.7 Å². The topological polar surface area (TPSA) is 68.5 Å². The fourth-order valence-corrected chi connectivity index (χ4v) is 3.48. The van der Waals surface area contributed by atoms with E-state index < -0.39 is 5.97 Å². The van der Waals surface area contributed by atoms with Gasteiger partial charge in [0.25, 0.3) is 0 Å². The molecule has 0 fully saturated rings. The molecule has 1 unspecified atom stereocenters. The Bertz CT molecular complexity index is 1000. The number of hydrogen-bond donors (Lipinski definition) is 1. The lowest BCUT2D eigenvalue weighted by Crippen LogP contribution is -2.18. The molecule has 3 rings (SSSR count). The number of ether oxygens (including phenoxy) is 1. The van der Waals surface area contributed by atoms with E-state index in [0.717, 1.165) is 11.4 Å². The summed E-state index contributed by atoms with van der Waals surface area (Å²) in [5.74, 6) is -0.693. The number of nitrogens with zero attached hydrogens (tertiary/aromatic N) is 1. The van der Waals surface area contributed by atoms with Crippen LogP contribution >= 0.6 is 0 Å². The van der Waals surface area contributed by atoms with Crippen LogP contribution in [-0.2, 0) is 0 Å². The van der Waals surface area contributed by atoms with Crippen LogP contribution < -0.4 is 4.74 Å². The lowest BCUT2D eigenvalue weighted by molar-refractivity contribution is 0.0691. The van der Waals surface area contributed by atoms with E-state index in [1.54, 1.807) is 18.2 Å². The molecule has 1 heterocycles. The summed E-state index contributed by atoms with van der Waals surface area (Å²) in [6.07, 6.45) is 0. The number of aromatic carboxylic acids is 1. The molecule has 5 heteroatoms. The molecule has 2 aromatic carbocycles. The summed E-state index contributed by atoms with van der Waals surface area (Å²) in [5, 5.41) is 9.29. The predicted molar refractivity (Wildman–Crippen MR) is 107 cm³/mol. The zero-order valence-corrected chi connectivity index (χ0v) is 16.2. The number of carboxylic acid groups (broad SMARTS) is 1. The molecule has 0 saturated heterocycles. The Morgan fingerprint density at radius 1 is 1.00 bits per heavy atom. The number of aromatic nitrogens is 1. The first-order valence-corrected chi connectivity index (χ1v) is 9.13. The zero-order chi connectivity index (χ0) is 20.3. The Hall–Kier alpha value is -3.34. The van der Waals surface area contributed by atoms with Gasteiger partial charge in [0.05, 0.1) is 6.04 Å². The normalized spacial score (nSPS) is 11.8. The second-order valence-corrected chi connectivity index (χ2v) is 6.81. The van der Waals surface area contributed by atoms with Crippen molar-refractivity contribution >= 4 is 11.8 Å². The Labute approximate surface area is 164 Å². The molecule has 0 spiro atoms. The molecule has 0 aliphatic carbocycles. The molecule has 0 radical (unpaired) electrons. The third kappa shape index (κ3) is 3.83. The first-order valence-electron chi connectivity index (χ1n) is 9.13. The molecular weight excluding hydrogens is 354 g/mol. The number of carbonyl (C=O) groups is 2. The van der Waals surface area contributed by atoms with E-state index in [9.17, 15) is 14.7 Å². The van der Waals surface area contributed by atoms with E-state index in [1.165, 1.54) is 6.07 Å². The summed E-state index contributed by atoms with van der Waals surface area (Å²) in [6, 6.07) is 17.6. The van der Waals surface area contributed by atoms with Crippen molar-refractivity contribution in [2.24, 2.45) is 0 Å². The molecule has 0 saturated carbocycles. The quantitative estimate of drug-likeness (QED) is 0.607. The minimum atomic E-state index is -1.02. The van der Waals surface area contributed by atoms with Gasteiger partial charge in [-0.15, -0.1) is 0 Å². The standard InChI is InChI=1S/C23H23NO4/c1-15-13-20(22(25)18-9-5-4-6-10-18)17(3)24(15)16(2)14-28-21-12-8-7-11-19(21)23(26)27/h4-13,16H,14H2,1-3H3,(H,26,27). The van der Waals surface area contributed by atoms with Crippen LogP contribution in [0.3, 0.4) is 0 Å². The number of hydrogen-bond acceptors (Lipinski definition) is 3. The number of carbonyl (C=O) groups excluding carboxylic acids is 1. The fourth-order valence-electron chi connectivity index (χ4n) is 3.48. The van der Waals surface area contributed by atoms with E-state index >= 15 is 0 Å².